The van der Waals surface area contributed by atoms with E-state index in [1.165, 1.54) is 58.3 Å². The van der Waals surface area contributed by atoms with Crippen molar-refractivity contribution in [2.75, 3.05) is 26.2 Å². The molecule has 0 radical (unpaired) electrons. The number of fused-ring (bicyclic) bond motifs is 2. The molecule has 0 spiro atoms. The molecule has 0 aromatic carbocycles. The summed E-state index contributed by atoms with van der Waals surface area (Å²) in [6, 6.07) is 0.878. The molecule has 2 saturated heterocycles. The first-order valence-electron chi connectivity index (χ1n) is 6.38. The van der Waals surface area contributed by atoms with Gasteiger partial charge >= 0.3 is 0 Å². The predicted molar refractivity (Wildman–Crippen MR) is 58.3 cm³/mol. The van der Waals surface area contributed by atoms with E-state index < -0.39 is 0 Å². The van der Waals surface area contributed by atoms with Gasteiger partial charge in [-0.15, -0.1) is 0 Å². The predicted octanol–water partition coefficient (Wildman–Crippen LogP) is 1.47. The lowest BCUT2D eigenvalue weighted by atomic mass is 9.72. The summed E-state index contributed by atoms with van der Waals surface area (Å²) in [5, 5.41) is 3.54. The minimum absolute atomic E-state index is 0.878. The molecule has 2 heterocycles. The Morgan fingerprint density at radius 3 is 2.86 bits per heavy atom. The number of rotatable bonds is 0. The van der Waals surface area contributed by atoms with Gasteiger partial charge in [0.15, 0.2) is 0 Å². The van der Waals surface area contributed by atoms with Crippen LogP contribution >= 0.6 is 0 Å². The zero-order chi connectivity index (χ0) is 9.38. The van der Waals surface area contributed by atoms with Gasteiger partial charge in [0.2, 0.25) is 0 Å². The first-order chi connectivity index (χ1) is 6.93. The fourth-order valence-electron chi connectivity index (χ4n) is 3.76. The van der Waals surface area contributed by atoms with Crippen LogP contribution in [-0.2, 0) is 0 Å². The quantitative estimate of drug-likeness (QED) is 0.628. The first-order valence-corrected chi connectivity index (χ1v) is 6.38. The van der Waals surface area contributed by atoms with Crippen molar-refractivity contribution in [3.8, 4) is 0 Å². The number of nitrogens with one attached hydrogen (secondary N) is 1. The van der Waals surface area contributed by atoms with Gasteiger partial charge in [-0.1, -0.05) is 19.3 Å². The van der Waals surface area contributed by atoms with E-state index in [1.807, 2.05) is 0 Å². The third-order valence-electron chi connectivity index (χ3n) is 4.58. The largest absolute Gasteiger partial charge is 0.314 e. The average Bonchev–Trinajstić information content (AvgIpc) is 2.26. The van der Waals surface area contributed by atoms with E-state index in [9.17, 15) is 0 Å². The molecule has 1 aliphatic carbocycles. The van der Waals surface area contributed by atoms with Crippen LogP contribution in [0.1, 0.15) is 32.1 Å². The summed E-state index contributed by atoms with van der Waals surface area (Å²) in [4.78, 5) is 2.75. The number of piperidine rings is 1. The fraction of sp³-hybridized carbons (Fsp3) is 1.00. The van der Waals surface area contributed by atoms with Crippen LogP contribution in [0.3, 0.4) is 0 Å². The van der Waals surface area contributed by atoms with Gasteiger partial charge in [-0.3, -0.25) is 4.90 Å². The minimum Gasteiger partial charge on any atom is -0.314 e. The lowest BCUT2D eigenvalue weighted by Crippen LogP contribution is -2.57. The molecule has 0 aromatic heterocycles. The van der Waals surface area contributed by atoms with Crippen LogP contribution in [0, 0.1) is 11.8 Å². The van der Waals surface area contributed by atoms with Gasteiger partial charge < -0.3 is 5.32 Å². The van der Waals surface area contributed by atoms with Crippen molar-refractivity contribution >= 4 is 0 Å². The van der Waals surface area contributed by atoms with Crippen molar-refractivity contribution in [2.45, 2.75) is 38.1 Å². The van der Waals surface area contributed by atoms with Gasteiger partial charge in [0.1, 0.15) is 0 Å². The Hall–Kier alpha value is -0.0800. The molecule has 2 aliphatic heterocycles. The molecule has 2 nitrogen and oxygen atoms in total. The molecule has 0 bridgehead atoms. The highest BCUT2D eigenvalue weighted by molar-refractivity contribution is 4.92. The maximum absolute atomic E-state index is 3.54. The molecule has 14 heavy (non-hydrogen) atoms. The maximum atomic E-state index is 3.54. The molecule has 0 amide bonds. The van der Waals surface area contributed by atoms with Crippen molar-refractivity contribution in [1.82, 2.24) is 10.2 Å². The number of hydrogen-bond donors (Lipinski definition) is 1. The summed E-state index contributed by atoms with van der Waals surface area (Å²) in [7, 11) is 0. The van der Waals surface area contributed by atoms with Crippen molar-refractivity contribution in [3.63, 3.8) is 0 Å². The van der Waals surface area contributed by atoms with E-state index in [0.29, 0.717) is 0 Å². The summed E-state index contributed by atoms with van der Waals surface area (Å²) >= 11 is 0. The lowest BCUT2D eigenvalue weighted by Gasteiger charge is -2.48. The smallest absolute Gasteiger partial charge is 0.0224 e. The second kappa shape index (κ2) is 3.82. The summed E-state index contributed by atoms with van der Waals surface area (Å²) in [5.74, 6) is 2.13. The topological polar surface area (TPSA) is 15.3 Å². The molecule has 3 atom stereocenters. The van der Waals surface area contributed by atoms with Crippen LogP contribution in [0.15, 0.2) is 0 Å². The van der Waals surface area contributed by atoms with Crippen LogP contribution in [-0.4, -0.2) is 37.1 Å². The zero-order valence-corrected chi connectivity index (χ0v) is 9.04. The second-order valence-corrected chi connectivity index (χ2v) is 5.39. The Kier molecular flexibility index (Phi) is 2.50. The van der Waals surface area contributed by atoms with Crippen molar-refractivity contribution < 1.29 is 0 Å². The molecule has 2 heteroatoms. The van der Waals surface area contributed by atoms with Crippen molar-refractivity contribution in [2.24, 2.45) is 11.8 Å². The Morgan fingerprint density at radius 2 is 1.93 bits per heavy atom. The number of nitrogens with zero attached hydrogens (tertiary/aromatic N) is 1. The third-order valence-corrected chi connectivity index (χ3v) is 4.58. The van der Waals surface area contributed by atoms with Crippen molar-refractivity contribution in [3.05, 3.63) is 0 Å². The molecular weight excluding hydrogens is 172 g/mol. The fourth-order valence-corrected chi connectivity index (χ4v) is 3.76. The standard InChI is InChI=1S/C12H22N2/c1-2-4-11-9-14-6-5-13-8-12(14)7-10(11)3-1/h10-13H,1-9H2/t10-,11+,12+/m0/s1. The van der Waals surface area contributed by atoms with Crippen LogP contribution in [0.5, 0.6) is 0 Å². The van der Waals surface area contributed by atoms with Crippen LogP contribution in [0.2, 0.25) is 0 Å². The van der Waals surface area contributed by atoms with E-state index in [2.05, 4.69) is 10.2 Å². The Balaban J connectivity index is 1.68. The molecule has 0 aromatic rings. The van der Waals surface area contributed by atoms with E-state index in [4.69, 9.17) is 0 Å². The molecule has 0 unspecified atom stereocenters. The molecular formula is C12H22N2. The zero-order valence-electron chi connectivity index (χ0n) is 9.04. The monoisotopic (exact) mass is 194 g/mol. The van der Waals surface area contributed by atoms with Gasteiger partial charge in [-0.25, -0.2) is 0 Å². The Labute approximate surface area is 87.0 Å². The summed E-state index contributed by atoms with van der Waals surface area (Å²) < 4.78 is 0. The highest BCUT2D eigenvalue weighted by Gasteiger charge is 2.37. The number of piperazine rings is 1. The normalized spacial score (nSPS) is 44.1. The molecule has 1 saturated carbocycles. The molecule has 1 N–H and O–H groups in total. The highest BCUT2D eigenvalue weighted by Crippen LogP contribution is 2.38. The second-order valence-electron chi connectivity index (χ2n) is 5.39. The van der Waals surface area contributed by atoms with E-state index >= 15 is 0 Å². The first kappa shape index (κ1) is 9.17. The molecule has 3 rings (SSSR count). The van der Waals surface area contributed by atoms with Gasteiger partial charge in [-0.05, 0) is 24.7 Å². The van der Waals surface area contributed by atoms with Gasteiger partial charge in [0, 0.05) is 32.2 Å². The lowest BCUT2D eigenvalue weighted by molar-refractivity contribution is 0.0255. The van der Waals surface area contributed by atoms with Gasteiger partial charge in [0.25, 0.3) is 0 Å². The van der Waals surface area contributed by atoms with E-state index in [1.54, 1.807) is 0 Å². The van der Waals surface area contributed by atoms with Crippen LogP contribution < -0.4 is 5.32 Å². The summed E-state index contributed by atoms with van der Waals surface area (Å²) in [6.45, 7) is 5.18. The maximum Gasteiger partial charge on any atom is 0.0224 e. The van der Waals surface area contributed by atoms with Crippen LogP contribution in [0.4, 0.5) is 0 Å². The van der Waals surface area contributed by atoms with E-state index in [0.717, 1.165) is 17.9 Å². The highest BCUT2D eigenvalue weighted by atomic mass is 15.2. The summed E-state index contributed by atoms with van der Waals surface area (Å²) in [6.07, 6.45) is 7.52. The summed E-state index contributed by atoms with van der Waals surface area (Å²) in [5.41, 5.74) is 0. The minimum atomic E-state index is 0.878. The van der Waals surface area contributed by atoms with Crippen molar-refractivity contribution in [1.29, 1.82) is 0 Å². The third kappa shape index (κ3) is 1.59. The Morgan fingerprint density at radius 1 is 1.07 bits per heavy atom. The van der Waals surface area contributed by atoms with Crippen LogP contribution in [0.25, 0.3) is 0 Å². The molecule has 3 aliphatic rings. The molecule has 3 fully saturated rings. The Bertz CT molecular complexity index is 162. The molecule has 80 valence electrons. The SMILES string of the molecule is C1CC[C@H]2C[C@@H]3CNCCN3C[C@H]2C1. The number of hydrogen-bond acceptors (Lipinski definition) is 2. The van der Waals surface area contributed by atoms with Gasteiger partial charge in [0.05, 0.1) is 0 Å². The van der Waals surface area contributed by atoms with E-state index in [-0.39, 0.29) is 0 Å². The average molecular weight is 194 g/mol. The van der Waals surface area contributed by atoms with Gasteiger partial charge in [-0.2, -0.15) is 0 Å².